The predicted octanol–water partition coefficient (Wildman–Crippen LogP) is 2.94. The summed E-state index contributed by atoms with van der Waals surface area (Å²) in [6.45, 7) is 1.00. The summed E-state index contributed by atoms with van der Waals surface area (Å²) in [5.74, 6) is -1.51. The summed E-state index contributed by atoms with van der Waals surface area (Å²) in [4.78, 5) is 11.0. The molecule has 2 heterocycles. The Balaban J connectivity index is 1.97. The SMILES string of the molecule is N#Cc1cn(-c2ccc(C(=O)O)c(O)c2)c2ccc3c(c12)COC3. The van der Waals surface area contributed by atoms with Crippen LogP contribution in [0.3, 0.4) is 0 Å². The van der Waals surface area contributed by atoms with Gasteiger partial charge in [0.1, 0.15) is 17.4 Å². The first kappa shape index (κ1) is 14.3. The maximum Gasteiger partial charge on any atom is 0.339 e. The van der Waals surface area contributed by atoms with E-state index in [1.165, 1.54) is 12.1 Å². The van der Waals surface area contributed by atoms with Gasteiger partial charge < -0.3 is 19.5 Å². The minimum atomic E-state index is -1.19. The Morgan fingerprint density at radius 1 is 1.25 bits per heavy atom. The van der Waals surface area contributed by atoms with Crippen LogP contribution in [-0.2, 0) is 18.0 Å². The van der Waals surface area contributed by atoms with Gasteiger partial charge in [-0.05, 0) is 29.3 Å². The maximum atomic E-state index is 11.0. The zero-order valence-corrected chi connectivity index (χ0v) is 12.5. The second kappa shape index (κ2) is 5.11. The number of nitrogens with zero attached hydrogens (tertiary/aromatic N) is 2. The molecule has 0 amide bonds. The van der Waals surface area contributed by atoms with E-state index in [-0.39, 0.29) is 11.3 Å². The molecule has 0 fully saturated rings. The molecule has 0 spiro atoms. The number of hydrogen-bond acceptors (Lipinski definition) is 4. The number of hydrogen-bond donors (Lipinski definition) is 2. The third-order valence-corrected chi connectivity index (χ3v) is 4.29. The van der Waals surface area contributed by atoms with Crippen molar-refractivity contribution in [3.8, 4) is 17.5 Å². The van der Waals surface area contributed by atoms with Crippen LogP contribution in [0.4, 0.5) is 0 Å². The highest BCUT2D eigenvalue weighted by molar-refractivity contribution is 5.93. The zero-order valence-electron chi connectivity index (χ0n) is 12.5. The Kier molecular flexibility index (Phi) is 3.05. The van der Waals surface area contributed by atoms with Gasteiger partial charge in [0.2, 0.25) is 0 Å². The topological polar surface area (TPSA) is 95.5 Å². The fourth-order valence-corrected chi connectivity index (χ4v) is 3.16. The lowest BCUT2D eigenvalue weighted by molar-refractivity contribution is 0.0694. The molecule has 3 aromatic rings. The Bertz CT molecular complexity index is 1040. The summed E-state index contributed by atoms with van der Waals surface area (Å²) in [5.41, 5.74) is 3.84. The molecule has 1 aliphatic heterocycles. The number of rotatable bonds is 2. The summed E-state index contributed by atoms with van der Waals surface area (Å²) < 4.78 is 7.25. The van der Waals surface area contributed by atoms with E-state index < -0.39 is 5.97 Å². The van der Waals surface area contributed by atoms with Gasteiger partial charge in [-0.25, -0.2) is 4.79 Å². The van der Waals surface area contributed by atoms with Gasteiger partial charge in [0.15, 0.2) is 0 Å². The summed E-state index contributed by atoms with van der Waals surface area (Å²) in [7, 11) is 0. The molecule has 0 bridgehead atoms. The number of phenols is 1. The normalized spacial score (nSPS) is 13.0. The Morgan fingerprint density at radius 2 is 2.08 bits per heavy atom. The molecule has 0 radical (unpaired) electrons. The molecule has 0 aliphatic carbocycles. The maximum absolute atomic E-state index is 11.0. The van der Waals surface area contributed by atoms with Crippen molar-refractivity contribution in [1.82, 2.24) is 4.57 Å². The average Bonchev–Trinajstić information content (AvgIpc) is 3.17. The summed E-state index contributed by atoms with van der Waals surface area (Å²) in [5, 5.41) is 29.3. The number of fused-ring (bicyclic) bond motifs is 3. The number of carbonyl (C=O) groups is 1. The quantitative estimate of drug-likeness (QED) is 0.757. The minimum absolute atomic E-state index is 0.162. The van der Waals surface area contributed by atoms with Crippen molar-refractivity contribution >= 4 is 16.9 Å². The molecule has 6 nitrogen and oxygen atoms in total. The molecule has 6 heteroatoms. The number of carboxylic acid groups (broad SMARTS) is 1. The zero-order chi connectivity index (χ0) is 16.8. The fraction of sp³-hybridized carbons (Fsp3) is 0.111. The van der Waals surface area contributed by atoms with Gasteiger partial charge in [0, 0.05) is 23.3 Å². The van der Waals surface area contributed by atoms with Crippen molar-refractivity contribution in [1.29, 1.82) is 5.26 Å². The minimum Gasteiger partial charge on any atom is -0.507 e. The van der Waals surface area contributed by atoms with E-state index in [0.29, 0.717) is 24.5 Å². The van der Waals surface area contributed by atoms with Gasteiger partial charge in [0.05, 0.1) is 24.3 Å². The van der Waals surface area contributed by atoms with Crippen LogP contribution in [0.5, 0.6) is 5.75 Å². The van der Waals surface area contributed by atoms with Crippen molar-refractivity contribution in [2.75, 3.05) is 0 Å². The highest BCUT2D eigenvalue weighted by atomic mass is 16.5. The van der Waals surface area contributed by atoms with Gasteiger partial charge >= 0.3 is 5.97 Å². The molecule has 0 saturated heterocycles. The van der Waals surface area contributed by atoms with E-state index >= 15 is 0 Å². The number of benzene rings is 2. The summed E-state index contributed by atoms with van der Waals surface area (Å²) in [6.07, 6.45) is 1.69. The van der Waals surface area contributed by atoms with E-state index in [0.717, 1.165) is 22.0 Å². The number of aromatic carboxylic acids is 1. The summed E-state index contributed by atoms with van der Waals surface area (Å²) >= 11 is 0. The van der Waals surface area contributed by atoms with Gasteiger partial charge in [-0.2, -0.15) is 5.26 Å². The van der Waals surface area contributed by atoms with Gasteiger partial charge in [0.25, 0.3) is 0 Å². The van der Waals surface area contributed by atoms with Crippen molar-refractivity contribution < 1.29 is 19.7 Å². The van der Waals surface area contributed by atoms with Gasteiger partial charge in [-0.15, -0.1) is 0 Å². The molecule has 1 aliphatic rings. The molecule has 24 heavy (non-hydrogen) atoms. The number of aromatic hydroxyl groups is 1. The van der Waals surface area contributed by atoms with Crippen LogP contribution in [0.15, 0.2) is 36.5 Å². The molecule has 118 valence electrons. The molecule has 1 aromatic heterocycles. The molecule has 0 atom stereocenters. The van der Waals surface area contributed by atoms with Crippen LogP contribution < -0.4 is 0 Å². The number of carboxylic acids is 1. The van der Waals surface area contributed by atoms with Crippen molar-refractivity contribution in [3.05, 3.63) is 58.8 Å². The molecular weight excluding hydrogens is 308 g/mol. The second-order valence-corrected chi connectivity index (χ2v) is 5.62. The molecule has 0 unspecified atom stereocenters. The van der Waals surface area contributed by atoms with E-state index in [4.69, 9.17) is 9.84 Å². The van der Waals surface area contributed by atoms with Crippen LogP contribution in [-0.4, -0.2) is 20.7 Å². The van der Waals surface area contributed by atoms with Crippen molar-refractivity contribution in [2.24, 2.45) is 0 Å². The lowest BCUT2D eigenvalue weighted by atomic mass is 10.0. The van der Waals surface area contributed by atoms with Crippen molar-refractivity contribution in [2.45, 2.75) is 13.2 Å². The van der Waals surface area contributed by atoms with Gasteiger partial charge in [-0.1, -0.05) is 6.07 Å². The van der Waals surface area contributed by atoms with Crippen LogP contribution in [0.1, 0.15) is 27.0 Å². The molecular formula is C18H12N2O4. The van der Waals surface area contributed by atoms with Crippen molar-refractivity contribution in [3.63, 3.8) is 0 Å². The van der Waals surface area contributed by atoms with Crippen LogP contribution in [0.25, 0.3) is 16.6 Å². The van der Waals surface area contributed by atoms with Crippen LogP contribution >= 0.6 is 0 Å². The van der Waals surface area contributed by atoms with Crippen LogP contribution in [0.2, 0.25) is 0 Å². The average molecular weight is 320 g/mol. The molecule has 2 aromatic carbocycles. The summed E-state index contributed by atoms with van der Waals surface area (Å²) in [6, 6.07) is 10.4. The fourth-order valence-electron chi connectivity index (χ4n) is 3.16. The highest BCUT2D eigenvalue weighted by Gasteiger charge is 2.20. The Labute approximate surface area is 136 Å². The van der Waals surface area contributed by atoms with Gasteiger partial charge in [-0.3, -0.25) is 0 Å². The van der Waals surface area contributed by atoms with Crippen LogP contribution in [0, 0.1) is 11.3 Å². The highest BCUT2D eigenvalue weighted by Crippen LogP contribution is 2.34. The molecule has 2 N–H and O–H groups in total. The monoisotopic (exact) mass is 320 g/mol. The van der Waals surface area contributed by atoms with E-state index in [9.17, 15) is 15.2 Å². The first-order valence-corrected chi connectivity index (χ1v) is 7.30. The number of ether oxygens (including phenoxy) is 1. The molecule has 4 rings (SSSR count). The third kappa shape index (κ3) is 1.96. The number of aromatic nitrogens is 1. The lowest BCUT2D eigenvalue weighted by Crippen LogP contribution is -1.99. The standard InChI is InChI=1S/C18H12N2O4/c19-6-11-7-20(12-2-3-13(18(22)23)16(21)5-12)15-4-1-10-8-24-9-14(10)17(11)15/h1-5,7,21H,8-9H2,(H,22,23). The van der Waals surface area contributed by atoms with E-state index in [1.54, 1.807) is 16.8 Å². The third-order valence-electron chi connectivity index (χ3n) is 4.29. The molecule has 0 saturated carbocycles. The smallest absolute Gasteiger partial charge is 0.339 e. The Morgan fingerprint density at radius 3 is 2.79 bits per heavy atom. The largest absolute Gasteiger partial charge is 0.507 e. The Hall–Kier alpha value is -3.30. The second-order valence-electron chi connectivity index (χ2n) is 5.62. The first-order valence-electron chi connectivity index (χ1n) is 7.30. The van der Waals surface area contributed by atoms with E-state index in [1.807, 2.05) is 12.1 Å². The first-order chi connectivity index (χ1) is 11.6. The lowest BCUT2D eigenvalue weighted by Gasteiger charge is -2.08. The predicted molar refractivity (Wildman–Crippen MR) is 85.1 cm³/mol. The van der Waals surface area contributed by atoms with E-state index in [2.05, 4.69) is 6.07 Å². The number of nitriles is 1.